The van der Waals surface area contributed by atoms with E-state index in [1.54, 1.807) is 4.90 Å². The summed E-state index contributed by atoms with van der Waals surface area (Å²) in [7, 11) is 1.84. The zero-order valence-corrected chi connectivity index (χ0v) is 12.9. The Kier molecular flexibility index (Phi) is 4.41. The molecule has 3 heteroatoms. The standard InChI is InChI=1S/C16H26N2O/c1-12(13-10-8-7-9-11-13)18(6)14(19)15(2,3)16(4,5)17/h7-12H,17H2,1-6H3. The molecule has 2 N–H and O–H groups in total. The number of carbonyl (C=O) groups excluding carboxylic acids is 1. The molecule has 1 rings (SSSR count). The van der Waals surface area contributed by atoms with Crippen LogP contribution in [0.1, 0.15) is 46.2 Å². The maximum absolute atomic E-state index is 12.7. The third-order valence-electron chi connectivity index (χ3n) is 4.33. The number of nitrogens with zero attached hydrogens (tertiary/aromatic N) is 1. The van der Waals surface area contributed by atoms with Gasteiger partial charge in [-0.2, -0.15) is 0 Å². The van der Waals surface area contributed by atoms with E-state index >= 15 is 0 Å². The van der Waals surface area contributed by atoms with Crippen molar-refractivity contribution < 1.29 is 4.79 Å². The van der Waals surface area contributed by atoms with Gasteiger partial charge in [0.25, 0.3) is 0 Å². The third kappa shape index (κ3) is 3.16. The van der Waals surface area contributed by atoms with E-state index in [4.69, 9.17) is 5.73 Å². The van der Waals surface area contributed by atoms with Crippen LogP contribution in [-0.4, -0.2) is 23.4 Å². The number of hydrogen-bond acceptors (Lipinski definition) is 2. The maximum Gasteiger partial charge on any atom is 0.230 e. The number of nitrogens with two attached hydrogens (primary N) is 1. The van der Waals surface area contributed by atoms with Gasteiger partial charge in [-0.05, 0) is 40.2 Å². The Morgan fingerprint density at radius 3 is 2.05 bits per heavy atom. The van der Waals surface area contributed by atoms with Crippen LogP contribution in [0.25, 0.3) is 0 Å². The summed E-state index contributed by atoms with van der Waals surface area (Å²) in [5, 5.41) is 0. The summed E-state index contributed by atoms with van der Waals surface area (Å²) in [6.07, 6.45) is 0. The SMILES string of the molecule is CC(c1ccccc1)N(C)C(=O)C(C)(C)C(C)(C)N. The first kappa shape index (κ1) is 15.7. The number of benzene rings is 1. The molecule has 0 fully saturated rings. The Labute approximate surface area is 116 Å². The van der Waals surface area contributed by atoms with Gasteiger partial charge in [0.2, 0.25) is 5.91 Å². The summed E-state index contributed by atoms with van der Waals surface area (Å²) in [5.41, 5.74) is 6.10. The smallest absolute Gasteiger partial charge is 0.230 e. The Morgan fingerprint density at radius 1 is 1.16 bits per heavy atom. The Morgan fingerprint density at radius 2 is 1.63 bits per heavy atom. The molecule has 1 aromatic carbocycles. The summed E-state index contributed by atoms with van der Waals surface area (Å²) >= 11 is 0. The van der Waals surface area contributed by atoms with Crippen LogP contribution in [0.3, 0.4) is 0 Å². The van der Waals surface area contributed by atoms with Crippen LogP contribution in [0.5, 0.6) is 0 Å². The van der Waals surface area contributed by atoms with Gasteiger partial charge in [-0.3, -0.25) is 4.79 Å². The highest BCUT2D eigenvalue weighted by atomic mass is 16.2. The van der Waals surface area contributed by atoms with Crippen LogP contribution >= 0.6 is 0 Å². The Hall–Kier alpha value is -1.35. The van der Waals surface area contributed by atoms with Crippen LogP contribution in [-0.2, 0) is 4.79 Å². The van der Waals surface area contributed by atoms with Gasteiger partial charge in [-0.1, -0.05) is 30.3 Å². The van der Waals surface area contributed by atoms with Crippen molar-refractivity contribution in [3.8, 4) is 0 Å². The van der Waals surface area contributed by atoms with E-state index in [1.807, 2.05) is 72.0 Å². The number of rotatable bonds is 4. The van der Waals surface area contributed by atoms with Crippen molar-refractivity contribution in [2.45, 2.75) is 46.2 Å². The van der Waals surface area contributed by atoms with Gasteiger partial charge in [-0.15, -0.1) is 0 Å². The van der Waals surface area contributed by atoms with Crippen LogP contribution in [0.4, 0.5) is 0 Å². The fraction of sp³-hybridized carbons (Fsp3) is 0.562. The minimum Gasteiger partial charge on any atom is -0.338 e. The van der Waals surface area contributed by atoms with E-state index in [0.29, 0.717) is 0 Å². The lowest BCUT2D eigenvalue weighted by atomic mass is 9.74. The fourth-order valence-electron chi connectivity index (χ4n) is 1.85. The second kappa shape index (κ2) is 5.33. The molecular weight excluding hydrogens is 236 g/mol. The predicted molar refractivity (Wildman–Crippen MR) is 79.7 cm³/mol. The van der Waals surface area contributed by atoms with Crippen LogP contribution in [0.15, 0.2) is 30.3 Å². The topological polar surface area (TPSA) is 46.3 Å². The highest BCUT2D eigenvalue weighted by molar-refractivity contribution is 5.83. The molecule has 1 aromatic rings. The maximum atomic E-state index is 12.7. The average Bonchev–Trinajstić information content (AvgIpc) is 2.35. The van der Waals surface area contributed by atoms with Gasteiger partial charge in [0, 0.05) is 12.6 Å². The van der Waals surface area contributed by atoms with Gasteiger partial charge in [0.05, 0.1) is 11.5 Å². The summed E-state index contributed by atoms with van der Waals surface area (Å²) < 4.78 is 0. The zero-order valence-electron chi connectivity index (χ0n) is 12.9. The first-order chi connectivity index (χ1) is 8.59. The van der Waals surface area contributed by atoms with Crippen molar-refractivity contribution in [2.24, 2.45) is 11.1 Å². The molecule has 0 aromatic heterocycles. The van der Waals surface area contributed by atoms with Gasteiger partial charge < -0.3 is 10.6 Å². The second-order valence-corrected chi connectivity index (χ2v) is 6.35. The van der Waals surface area contributed by atoms with E-state index in [2.05, 4.69) is 0 Å². The molecular formula is C16H26N2O. The molecule has 1 amide bonds. The van der Waals surface area contributed by atoms with E-state index in [1.165, 1.54) is 0 Å². The molecule has 0 spiro atoms. The minimum absolute atomic E-state index is 0.0373. The normalized spacial score (nSPS) is 14.1. The van der Waals surface area contributed by atoms with Crippen molar-refractivity contribution in [1.82, 2.24) is 4.90 Å². The highest BCUT2D eigenvalue weighted by Crippen LogP contribution is 2.33. The molecule has 0 aliphatic rings. The average molecular weight is 262 g/mol. The minimum atomic E-state index is -0.606. The lowest BCUT2D eigenvalue weighted by molar-refractivity contribution is -0.144. The third-order valence-corrected chi connectivity index (χ3v) is 4.33. The molecule has 0 bridgehead atoms. The van der Waals surface area contributed by atoms with E-state index in [-0.39, 0.29) is 11.9 Å². The summed E-state index contributed by atoms with van der Waals surface area (Å²) in [5.74, 6) is 0.0661. The second-order valence-electron chi connectivity index (χ2n) is 6.35. The van der Waals surface area contributed by atoms with Gasteiger partial charge >= 0.3 is 0 Å². The summed E-state index contributed by atoms with van der Waals surface area (Å²) in [4.78, 5) is 14.5. The van der Waals surface area contributed by atoms with Crippen molar-refractivity contribution >= 4 is 5.91 Å². The van der Waals surface area contributed by atoms with Crippen molar-refractivity contribution in [2.75, 3.05) is 7.05 Å². The number of carbonyl (C=O) groups is 1. The molecule has 0 aliphatic carbocycles. The molecule has 0 saturated heterocycles. The molecule has 3 nitrogen and oxygen atoms in total. The first-order valence-electron chi connectivity index (χ1n) is 6.70. The Bertz CT molecular complexity index is 432. The van der Waals surface area contributed by atoms with Crippen LogP contribution < -0.4 is 5.73 Å². The van der Waals surface area contributed by atoms with Crippen LogP contribution in [0, 0.1) is 5.41 Å². The molecule has 1 atom stereocenters. The first-order valence-corrected chi connectivity index (χ1v) is 6.70. The Balaban J connectivity index is 2.95. The molecule has 0 heterocycles. The van der Waals surface area contributed by atoms with Gasteiger partial charge in [0.1, 0.15) is 0 Å². The number of amides is 1. The van der Waals surface area contributed by atoms with Crippen molar-refractivity contribution in [3.05, 3.63) is 35.9 Å². The lowest BCUT2D eigenvalue weighted by Crippen LogP contribution is -2.56. The zero-order chi connectivity index (χ0) is 14.8. The summed E-state index contributed by atoms with van der Waals surface area (Å²) in [6, 6.07) is 10.1. The quantitative estimate of drug-likeness (QED) is 0.906. The van der Waals surface area contributed by atoms with E-state index in [0.717, 1.165) is 5.56 Å². The number of hydrogen-bond donors (Lipinski definition) is 1. The monoisotopic (exact) mass is 262 g/mol. The van der Waals surface area contributed by atoms with Crippen LogP contribution in [0.2, 0.25) is 0 Å². The molecule has 0 saturated carbocycles. The molecule has 106 valence electrons. The summed E-state index contributed by atoms with van der Waals surface area (Å²) in [6.45, 7) is 9.64. The molecule has 19 heavy (non-hydrogen) atoms. The van der Waals surface area contributed by atoms with Crippen molar-refractivity contribution in [3.63, 3.8) is 0 Å². The van der Waals surface area contributed by atoms with Gasteiger partial charge in [-0.25, -0.2) is 0 Å². The molecule has 1 unspecified atom stereocenters. The van der Waals surface area contributed by atoms with E-state index < -0.39 is 11.0 Å². The lowest BCUT2D eigenvalue weighted by Gasteiger charge is -2.41. The highest BCUT2D eigenvalue weighted by Gasteiger charge is 2.42. The van der Waals surface area contributed by atoms with Gasteiger partial charge in [0.15, 0.2) is 0 Å². The fourth-order valence-corrected chi connectivity index (χ4v) is 1.85. The molecule has 0 aliphatic heterocycles. The predicted octanol–water partition coefficient (Wildman–Crippen LogP) is 2.97. The van der Waals surface area contributed by atoms with E-state index in [9.17, 15) is 4.79 Å². The van der Waals surface area contributed by atoms with Crippen molar-refractivity contribution in [1.29, 1.82) is 0 Å². The largest absolute Gasteiger partial charge is 0.338 e. The molecule has 0 radical (unpaired) electrons.